The predicted octanol–water partition coefficient (Wildman–Crippen LogP) is 4.96. The zero-order chi connectivity index (χ0) is 24.3. The molecule has 31 heavy (non-hydrogen) atoms. The van der Waals surface area contributed by atoms with Crippen molar-refractivity contribution in [2.75, 3.05) is 6.61 Å². The highest BCUT2D eigenvalue weighted by atomic mass is 19.4. The minimum atomic E-state index is -7.37. The normalized spacial score (nSPS) is 16.3. The first-order valence-electron chi connectivity index (χ1n) is 8.11. The summed E-state index contributed by atoms with van der Waals surface area (Å²) in [5.41, 5.74) is 0. The van der Waals surface area contributed by atoms with Gasteiger partial charge in [-0.1, -0.05) is 13.8 Å². The van der Waals surface area contributed by atoms with Gasteiger partial charge in [0.1, 0.15) is 6.61 Å². The molecule has 0 amide bonds. The first kappa shape index (κ1) is 31.3. The number of ether oxygens (including phenoxy) is 1. The third kappa shape index (κ3) is 6.08. The Morgan fingerprint density at radius 2 is 1.32 bits per heavy atom. The summed E-state index contributed by atoms with van der Waals surface area (Å²) in [5, 5.41) is 8.72. The van der Waals surface area contributed by atoms with Crippen LogP contribution in [0.3, 0.4) is 0 Å². The molecule has 0 bridgehead atoms. The van der Waals surface area contributed by atoms with Gasteiger partial charge in [0.25, 0.3) is 0 Å². The molecule has 0 aromatic heterocycles. The fraction of sp³-hybridized carbons (Fsp3) is 0.867. The number of carbonyl (C=O) groups is 2. The van der Waals surface area contributed by atoms with E-state index in [1.807, 2.05) is 0 Å². The van der Waals surface area contributed by atoms with Crippen LogP contribution in [0, 0.1) is 11.8 Å². The summed E-state index contributed by atoms with van der Waals surface area (Å²) in [5.74, 6) is -33.7. The Morgan fingerprint density at radius 1 is 0.903 bits per heavy atom. The molecule has 0 fully saturated rings. The molecule has 4 nitrogen and oxygen atoms in total. The van der Waals surface area contributed by atoms with Crippen LogP contribution in [0.5, 0.6) is 0 Å². The minimum absolute atomic E-state index is 0. The smallest absolute Gasteiger partial charge is 0.384 e. The van der Waals surface area contributed by atoms with Gasteiger partial charge in [-0.15, -0.1) is 0 Å². The van der Waals surface area contributed by atoms with E-state index in [2.05, 4.69) is 4.74 Å². The third-order valence-electron chi connectivity index (χ3n) is 4.16. The van der Waals surface area contributed by atoms with Crippen molar-refractivity contribution in [2.45, 2.75) is 63.0 Å². The number of hydrogen-bond donors (Lipinski definition) is 1. The van der Waals surface area contributed by atoms with Crippen LogP contribution in [0.15, 0.2) is 0 Å². The third-order valence-corrected chi connectivity index (χ3v) is 4.16. The van der Waals surface area contributed by atoms with Crippen LogP contribution in [0.1, 0.15) is 26.7 Å². The summed E-state index contributed by atoms with van der Waals surface area (Å²) in [6, 6.07) is 0. The molecule has 0 aromatic carbocycles. The van der Waals surface area contributed by atoms with Crippen LogP contribution >= 0.6 is 0 Å². The molecule has 0 saturated carbocycles. The van der Waals surface area contributed by atoms with E-state index in [0.717, 1.165) is 6.92 Å². The zero-order valence-electron chi connectivity index (χ0n) is 15.7. The molecule has 0 saturated heterocycles. The molecule has 0 rings (SSSR count). The van der Waals surface area contributed by atoms with E-state index in [1.165, 1.54) is 6.92 Å². The fourth-order valence-corrected chi connectivity index (χ4v) is 2.09. The second-order valence-corrected chi connectivity index (χ2v) is 6.37. The van der Waals surface area contributed by atoms with Crippen LogP contribution in [0.25, 0.3) is 0 Å². The van der Waals surface area contributed by atoms with E-state index in [0.29, 0.717) is 0 Å². The summed E-state index contributed by atoms with van der Waals surface area (Å²) in [4.78, 5) is 22.4. The molecule has 16 heteroatoms. The molecule has 0 aliphatic rings. The van der Waals surface area contributed by atoms with Crippen LogP contribution in [-0.2, 0) is 14.3 Å². The van der Waals surface area contributed by atoms with E-state index >= 15 is 0 Å². The highest BCUT2D eigenvalue weighted by Gasteiger charge is 2.84. The fourth-order valence-electron chi connectivity index (χ4n) is 2.09. The van der Waals surface area contributed by atoms with Gasteiger partial charge in [0.15, 0.2) is 0 Å². The lowest BCUT2D eigenvalue weighted by atomic mass is 9.93. The number of carbonyl (C=O) groups excluding carboxylic acids is 1. The lowest BCUT2D eigenvalue weighted by Crippen LogP contribution is -2.66. The first-order valence-corrected chi connectivity index (χ1v) is 8.11. The SMILES string of the molecule is CCC(CC(C)C(=O)O)C(=O)OCC(F)C(F)(F)C(F)(F)C(F)(F)C(F)(F)C(F)F.F. The van der Waals surface area contributed by atoms with E-state index in [4.69, 9.17) is 5.11 Å². The Morgan fingerprint density at radius 3 is 1.68 bits per heavy atom. The van der Waals surface area contributed by atoms with Gasteiger partial charge in [-0.25, -0.2) is 13.2 Å². The van der Waals surface area contributed by atoms with Crippen molar-refractivity contribution in [1.29, 1.82) is 0 Å². The van der Waals surface area contributed by atoms with E-state index in [9.17, 15) is 57.9 Å². The van der Waals surface area contributed by atoms with Crippen molar-refractivity contribution in [3.8, 4) is 0 Å². The van der Waals surface area contributed by atoms with Crippen molar-refractivity contribution in [3.63, 3.8) is 0 Å². The van der Waals surface area contributed by atoms with Crippen molar-refractivity contribution in [1.82, 2.24) is 0 Å². The molecule has 0 radical (unpaired) electrons. The summed E-state index contributed by atoms with van der Waals surface area (Å²) in [6.45, 7) is 0.120. The summed E-state index contributed by atoms with van der Waals surface area (Å²) >= 11 is 0. The maximum absolute atomic E-state index is 13.5. The number of alkyl halides is 11. The van der Waals surface area contributed by atoms with Crippen molar-refractivity contribution < 1.29 is 72.4 Å². The number of aliphatic carboxylic acids is 1. The molecule has 3 atom stereocenters. The van der Waals surface area contributed by atoms with Gasteiger partial charge in [-0.05, 0) is 12.8 Å². The molecule has 1 N–H and O–H groups in total. The standard InChI is InChI=1S/C15H17F11O4.FH/c1-3-7(4-6(2)9(27)28)10(29)30-5-8(16)12(19,20)14(23,24)15(25,26)13(21,22)11(17)18;/h6-8,11H,3-5H2,1-2H3,(H,27,28);1H. The topological polar surface area (TPSA) is 63.6 Å². The number of carboxylic acids is 1. The average Bonchev–Trinajstić information content (AvgIpc) is 2.62. The van der Waals surface area contributed by atoms with Gasteiger partial charge < -0.3 is 9.84 Å². The zero-order valence-corrected chi connectivity index (χ0v) is 15.7. The molecule has 0 spiro atoms. The Bertz CT molecular complexity index is 611. The number of carboxylic acid groups (broad SMARTS) is 1. The van der Waals surface area contributed by atoms with Gasteiger partial charge >= 0.3 is 42.1 Å². The summed E-state index contributed by atoms with van der Waals surface area (Å²) in [7, 11) is 0. The molecule has 3 unspecified atom stereocenters. The Hall–Kier alpha value is -1.90. The number of halogens is 12. The largest absolute Gasteiger partial charge is 0.481 e. The van der Waals surface area contributed by atoms with Gasteiger partial charge in [0.05, 0.1) is 11.8 Å². The molecule has 0 aromatic rings. The molecular weight excluding hydrogens is 472 g/mol. The Kier molecular flexibility index (Phi) is 10.7. The molecule has 0 aliphatic heterocycles. The summed E-state index contributed by atoms with van der Waals surface area (Å²) < 4.78 is 147. The highest BCUT2D eigenvalue weighted by Crippen LogP contribution is 2.55. The lowest BCUT2D eigenvalue weighted by molar-refractivity contribution is -0.391. The van der Waals surface area contributed by atoms with Crippen molar-refractivity contribution in [3.05, 3.63) is 0 Å². The van der Waals surface area contributed by atoms with Crippen LogP contribution in [0.4, 0.5) is 53.0 Å². The van der Waals surface area contributed by atoms with Crippen LogP contribution in [0.2, 0.25) is 0 Å². The highest BCUT2D eigenvalue weighted by molar-refractivity contribution is 5.74. The van der Waals surface area contributed by atoms with Gasteiger partial charge in [0.2, 0.25) is 6.17 Å². The van der Waals surface area contributed by atoms with Crippen LogP contribution in [-0.4, -0.2) is 59.9 Å². The summed E-state index contributed by atoms with van der Waals surface area (Å²) in [6.07, 6.45) is -10.6. The first-order chi connectivity index (χ1) is 13.3. The maximum atomic E-state index is 13.5. The average molecular weight is 490 g/mol. The van der Waals surface area contributed by atoms with E-state index in [-0.39, 0.29) is 11.1 Å². The van der Waals surface area contributed by atoms with Gasteiger partial charge in [-0.2, -0.15) is 35.1 Å². The quantitative estimate of drug-likeness (QED) is 0.310. The van der Waals surface area contributed by atoms with E-state index in [1.54, 1.807) is 0 Å². The molecular formula is C15H18F12O4. The van der Waals surface area contributed by atoms with Crippen molar-refractivity contribution in [2.24, 2.45) is 11.8 Å². The maximum Gasteiger partial charge on any atom is 0.384 e. The van der Waals surface area contributed by atoms with Crippen LogP contribution < -0.4 is 0 Å². The second-order valence-electron chi connectivity index (χ2n) is 6.37. The monoisotopic (exact) mass is 490 g/mol. The van der Waals surface area contributed by atoms with Gasteiger partial charge in [0, 0.05) is 0 Å². The second kappa shape index (κ2) is 10.6. The number of esters is 1. The Balaban J connectivity index is 0. The minimum Gasteiger partial charge on any atom is -0.481 e. The predicted molar refractivity (Wildman–Crippen MR) is 79.3 cm³/mol. The van der Waals surface area contributed by atoms with Gasteiger partial charge in [-0.3, -0.25) is 14.3 Å². The molecule has 0 aliphatic carbocycles. The molecule has 0 heterocycles. The van der Waals surface area contributed by atoms with Crippen molar-refractivity contribution >= 4 is 11.9 Å². The molecule has 186 valence electrons. The van der Waals surface area contributed by atoms with E-state index < -0.39 is 73.1 Å². The number of rotatable bonds is 12. The Labute approximate surface area is 167 Å². The lowest BCUT2D eigenvalue weighted by Gasteiger charge is -2.37. The number of hydrogen-bond acceptors (Lipinski definition) is 3.